The summed E-state index contributed by atoms with van der Waals surface area (Å²) < 4.78 is 15.5. The first-order chi connectivity index (χ1) is 12.7. The molecular formula is C19H15N3O4. The quantitative estimate of drug-likeness (QED) is 0.554. The Bertz CT molecular complexity index is 1050. The van der Waals surface area contributed by atoms with Crippen LogP contribution < -0.4 is 4.74 Å². The monoisotopic (exact) mass is 349 g/mol. The molecule has 0 saturated heterocycles. The fraction of sp³-hybridized carbons (Fsp3) is 0.105. The van der Waals surface area contributed by atoms with Crippen LogP contribution in [0.3, 0.4) is 0 Å². The number of rotatable bonds is 5. The molecule has 1 N–H and O–H groups in total. The molecule has 0 radical (unpaired) electrons. The number of benzene rings is 2. The molecule has 0 saturated carbocycles. The number of H-pyrrole nitrogens is 1. The van der Waals surface area contributed by atoms with Gasteiger partial charge in [0.1, 0.15) is 5.75 Å². The molecule has 0 spiro atoms. The van der Waals surface area contributed by atoms with Gasteiger partial charge in [0.15, 0.2) is 6.61 Å². The van der Waals surface area contributed by atoms with Crippen molar-refractivity contribution in [3.8, 4) is 17.1 Å². The molecule has 0 aliphatic heterocycles. The van der Waals surface area contributed by atoms with E-state index in [-0.39, 0.29) is 12.5 Å². The fourth-order valence-electron chi connectivity index (χ4n) is 2.56. The van der Waals surface area contributed by atoms with E-state index >= 15 is 0 Å². The number of aromatic amines is 1. The van der Waals surface area contributed by atoms with E-state index in [0.717, 1.165) is 22.2 Å². The van der Waals surface area contributed by atoms with Gasteiger partial charge in [-0.2, -0.15) is 4.98 Å². The van der Waals surface area contributed by atoms with Gasteiger partial charge in [-0.1, -0.05) is 11.2 Å². The van der Waals surface area contributed by atoms with Gasteiger partial charge in [0, 0.05) is 17.3 Å². The maximum Gasteiger partial charge on any atom is 0.338 e. The first-order valence-corrected chi connectivity index (χ1v) is 7.94. The van der Waals surface area contributed by atoms with Crippen LogP contribution in [0.1, 0.15) is 16.2 Å². The fourth-order valence-corrected chi connectivity index (χ4v) is 2.56. The summed E-state index contributed by atoms with van der Waals surface area (Å²) in [7, 11) is 1.60. The number of carbonyl (C=O) groups is 1. The molecule has 4 aromatic rings. The summed E-state index contributed by atoms with van der Waals surface area (Å²) in [6.07, 6.45) is 1.82. The van der Waals surface area contributed by atoms with E-state index in [1.165, 1.54) is 0 Å². The Kier molecular flexibility index (Phi) is 4.10. The van der Waals surface area contributed by atoms with Crippen LogP contribution in [0.15, 0.2) is 59.3 Å². The Morgan fingerprint density at radius 3 is 2.81 bits per heavy atom. The predicted octanol–water partition coefficient (Wildman–Crippen LogP) is 3.58. The molecule has 2 aromatic carbocycles. The van der Waals surface area contributed by atoms with Crippen LogP contribution in [0.5, 0.6) is 5.75 Å². The second-order valence-electron chi connectivity index (χ2n) is 5.60. The molecule has 0 aliphatic carbocycles. The third kappa shape index (κ3) is 3.14. The van der Waals surface area contributed by atoms with Crippen LogP contribution >= 0.6 is 0 Å². The van der Waals surface area contributed by atoms with Crippen LogP contribution in [0.2, 0.25) is 0 Å². The Morgan fingerprint density at radius 1 is 1.15 bits per heavy atom. The van der Waals surface area contributed by atoms with Crippen molar-refractivity contribution in [2.24, 2.45) is 0 Å². The maximum absolute atomic E-state index is 12.2. The van der Waals surface area contributed by atoms with Gasteiger partial charge in [0.2, 0.25) is 5.82 Å². The lowest BCUT2D eigenvalue weighted by Gasteiger charge is -2.02. The molecule has 7 nitrogen and oxygen atoms in total. The van der Waals surface area contributed by atoms with Crippen molar-refractivity contribution in [3.63, 3.8) is 0 Å². The van der Waals surface area contributed by atoms with Crippen molar-refractivity contribution >= 4 is 16.9 Å². The highest BCUT2D eigenvalue weighted by atomic mass is 16.6. The second-order valence-corrected chi connectivity index (χ2v) is 5.60. The van der Waals surface area contributed by atoms with Crippen molar-refractivity contribution in [3.05, 3.63) is 66.2 Å². The maximum atomic E-state index is 12.2. The van der Waals surface area contributed by atoms with E-state index in [2.05, 4.69) is 15.1 Å². The van der Waals surface area contributed by atoms with E-state index in [1.54, 1.807) is 19.2 Å². The largest absolute Gasteiger partial charge is 0.497 e. The van der Waals surface area contributed by atoms with Gasteiger partial charge >= 0.3 is 5.97 Å². The van der Waals surface area contributed by atoms with Gasteiger partial charge in [-0.05, 0) is 47.9 Å². The molecule has 0 atom stereocenters. The minimum absolute atomic E-state index is 0.0925. The van der Waals surface area contributed by atoms with E-state index in [0.29, 0.717) is 11.4 Å². The Balaban J connectivity index is 1.42. The van der Waals surface area contributed by atoms with Gasteiger partial charge in [-0.15, -0.1) is 0 Å². The number of aromatic nitrogens is 3. The Labute approximate surface area is 148 Å². The van der Waals surface area contributed by atoms with Crippen molar-refractivity contribution in [2.75, 3.05) is 7.11 Å². The third-order valence-corrected chi connectivity index (χ3v) is 3.93. The van der Waals surface area contributed by atoms with Gasteiger partial charge in [-0.25, -0.2) is 4.79 Å². The highest BCUT2D eigenvalue weighted by Crippen LogP contribution is 2.20. The molecule has 0 bridgehead atoms. The van der Waals surface area contributed by atoms with Crippen molar-refractivity contribution < 1.29 is 18.8 Å². The number of fused-ring (bicyclic) bond motifs is 1. The Hall–Kier alpha value is -3.61. The number of carbonyl (C=O) groups excluding carboxylic acids is 1. The molecule has 4 rings (SSSR count). The normalized spacial score (nSPS) is 10.8. The summed E-state index contributed by atoms with van der Waals surface area (Å²) in [5.74, 6) is 0.938. The van der Waals surface area contributed by atoms with E-state index in [1.807, 2.05) is 42.6 Å². The zero-order valence-corrected chi connectivity index (χ0v) is 13.9. The van der Waals surface area contributed by atoms with Crippen LogP contribution in [0.4, 0.5) is 0 Å². The molecule has 0 amide bonds. The standard InChI is InChI=1S/C19H15N3O4/c1-24-15-6-4-13(5-7-15)18-21-17(26-22-18)11-25-19(23)14-3-2-12-8-9-20-16(12)10-14/h2-10,20H,11H2,1H3. The molecule has 7 heteroatoms. The average molecular weight is 349 g/mol. The van der Waals surface area contributed by atoms with E-state index in [9.17, 15) is 4.79 Å². The highest BCUT2D eigenvalue weighted by molar-refractivity contribution is 5.94. The van der Waals surface area contributed by atoms with Crippen molar-refractivity contribution in [1.82, 2.24) is 15.1 Å². The first kappa shape index (κ1) is 15.9. The minimum atomic E-state index is -0.453. The number of hydrogen-bond donors (Lipinski definition) is 1. The van der Waals surface area contributed by atoms with Crippen LogP contribution in [0, 0.1) is 0 Å². The molecule has 130 valence electrons. The van der Waals surface area contributed by atoms with Gasteiger partial charge in [0.25, 0.3) is 5.89 Å². The summed E-state index contributed by atoms with van der Waals surface area (Å²) >= 11 is 0. The van der Waals surface area contributed by atoms with Crippen LogP contribution in [-0.2, 0) is 11.3 Å². The number of hydrogen-bond acceptors (Lipinski definition) is 6. The molecule has 26 heavy (non-hydrogen) atoms. The van der Waals surface area contributed by atoms with Crippen LogP contribution in [0.25, 0.3) is 22.3 Å². The van der Waals surface area contributed by atoms with Gasteiger partial charge < -0.3 is 19.0 Å². The third-order valence-electron chi connectivity index (χ3n) is 3.93. The number of methoxy groups -OCH3 is 1. The van der Waals surface area contributed by atoms with E-state index < -0.39 is 5.97 Å². The van der Waals surface area contributed by atoms with Crippen molar-refractivity contribution in [2.45, 2.75) is 6.61 Å². The van der Waals surface area contributed by atoms with Crippen molar-refractivity contribution in [1.29, 1.82) is 0 Å². The average Bonchev–Trinajstić information content (AvgIpc) is 3.35. The number of ether oxygens (including phenoxy) is 2. The predicted molar refractivity (Wildman–Crippen MR) is 93.7 cm³/mol. The van der Waals surface area contributed by atoms with Gasteiger partial charge in [-0.3, -0.25) is 0 Å². The zero-order chi connectivity index (χ0) is 17.9. The molecule has 2 heterocycles. The van der Waals surface area contributed by atoms with Gasteiger partial charge in [0.05, 0.1) is 12.7 Å². The second kappa shape index (κ2) is 6.72. The lowest BCUT2D eigenvalue weighted by Crippen LogP contribution is -2.05. The first-order valence-electron chi connectivity index (χ1n) is 7.94. The molecule has 0 unspecified atom stereocenters. The highest BCUT2D eigenvalue weighted by Gasteiger charge is 2.13. The molecule has 0 aliphatic rings. The zero-order valence-electron chi connectivity index (χ0n) is 13.9. The smallest absolute Gasteiger partial charge is 0.338 e. The summed E-state index contributed by atoms with van der Waals surface area (Å²) in [5, 5.41) is 4.93. The van der Waals surface area contributed by atoms with E-state index in [4.69, 9.17) is 14.0 Å². The topological polar surface area (TPSA) is 90.2 Å². The summed E-state index contributed by atoms with van der Waals surface area (Å²) in [6, 6.07) is 14.5. The SMILES string of the molecule is COc1ccc(-c2noc(COC(=O)c3ccc4cc[nH]c4c3)n2)cc1. The lowest BCUT2D eigenvalue weighted by atomic mass is 10.2. The molecular weight excluding hydrogens is 334 g/mol. The number of nitrogens with one attached hydrogen (secondary N) is 1. The Morgan fingerprint density at radius 2 is 2.00 bits per heavy atom. The number of nitrogens with zero attached hydrogens (tertiary/aromatic N) is 2. The molecule has 2 aromatic heterocycles. The summed E-state index contributed by atoms with van der Waals surface area (Å²) in [4.78, 5) is 19.5. The molecule has 0 fully saturated rings. The summed E-state index contributed by atoms with van der Waals surface area (Å²) in [6.45, 7) is -0.0925. The number of esters is 1. The lowest BCUT2D eigenvalue weighted by molar-refractivity contribution is 0.0430. The summed E-state index contributed by atoms with van der Waals surface area (Å²) in [5.41, 5.74) is 2.11. The minimum Gasteiger partial charge on any atom is -0.497 e. The van der Waals surface area contributed by atoms with Crippen LogP contribution in [-0.4, -0.2) is 28.2 Å².